The summed E-state index contributed by atoms with van der Waals surface area (Å²) >= 11 is 3.24. The van der Waals surface area contributed by atoms with Gasteiger partial charge in [0.15, 0.2) is 11.9 Å². The van der Waals surface area contributed by atoms with E-state index in [9.17, 15) is 9.18 Å². The third-order valence-electron chi connectivity index (χ3n) is 4.61. The number of rotatable bonds is 7. The van der Waals surface area contributed by atoms with Gasteiger partial charge in [0.1, 0.15) is 23.9 Å². The molecule has 0 radical (unpaired) electrons. The monoisotopic (exact) mass is 483 g/mol. The Labute approximate surface area is 186 Å². The standard InChI is InChI=1S/C23H19BrFN3O3/c1-14(31-17-5-3-2-4-6-17)23(29)26-22-19-12-18(9-10-21(19)27-28-22)30-13-15-7-8-16(24)11-20(15)25/h2-12,14H,13H2,1H3,(H2,26,27,28,29). The van der Waals surface area contributed by atoms with Crippen LogP contribution in [0.4, 0.5) is 10.2 Å². The van der Waals surface area contributed by atoms with Gasteiger partial charge in [-0.2, -0.15) is 5.10 Å². The molecular weight excluding hydrogens is 465 g/mol. The van der Waals surface area contributed by atoms with E-state index in [1.54, 1.807) is 49.4 Å². The van der Waals surface area contributed by atoms with Crippen molar-refractivity contribution in [2.45, 2.75) is 19.6 Å². The molecule has 6 nitrogen and oxygen atoms in total. The molecule has 0 aliphatic heterocycles. The number of nitrogens with zero attached hydrogens (tertiary/aromatic N) is 1. The number of carbonyl (C=O) groups is 1. The summed E-state index contributed by atoms with van der Waals surface area (Å²) < 4.78 is 26.1. The number of nitrogens with one attached hydrogen (secondary N) is 2. The highest BCUT2D eigenvalue weighted by Gasteiger charge is 2.18. The van der Waals surface area contributed by atoms with Crippen molar-refractivity contribution in [1.29, 1.82) is 0 Å². The molecule has 0 saturated heterocycles. The lowest BCUT2D eigenvalue weighted by Crippen LogP contribution is -2.30. The third kappa shape index (κ3) is 5.03. The minimum Gasteiger partial charge on any atom is -0.489 e. The predicted octanol–water partition coefficient (Wildman–Crippen LogP) is 5.45. The Bertz CT molecular complexity index is 1210. The number of para-hydroxylation sites is 1. The van der Waals surface area contributed by atoms with E-state index in [4.69, 9.17) is 9.47 Å². The van der Waals surface area contributed by atoms with Crippen LogP contribution >= 0.6 is 15.9 Å². The van der Waals surface area contributed by atoms with Gasteiger partial charge in [0.25, 0.3) is 5.91 Å². The summed E-state index contributed by atoms with van der Waals surface area (Å²) in [7, 11) is 0. The van der Waals surface area contributed by atoms with Gasteiger partial charge in [-0.25, -0.2) is 4.39 Å². The Kier molecular flexibility index (Phi) is 6.18. The second-order valence-electron chi connectivity index (χ2n) is 6.87. The minimum atomic E-state index is -0.714. The Balaban J connectivity index is 1.45. The number of anilines is 1. The van der Waals surface area contributed by atoms with Crippen LogP contribution < -0.4 is 14.8 Å². The summed E-state index contributed by atoms with van der Waals surface area (Å²) in [6.45, 7) is 1.74. The van der Waals surface area contributed by atoms with Crippen LogP contribution in [0.5, 0.6) is 11.5 Å². The summed E-state index contributed by atoms with van der Waals surface area (Å²) in [5, 5.41) is 10.5. The zero-order valence-corrected chi connectivity index (χ0v) is 18.1. The molecular formula is C23H19BrFN3O3. The number of halogens is 2. The molecule has 0 spiro atoms. The molecule has 3 aromatic carbocycles. The molecule has 158 valence electrons. The van der Waals surface area contributed by atoms with Gasteiger partial charge >= 0.3 is 0 Å². The SMILES string of the molecule is CC(Oc1ccccc1)C(=O)Nc1n[nH]c2ccc(OCc3ccc(Br)cc3F)cc12. The smallest absolute Gasteiger partial charge is 0.266 e. The highest BCUT2D eigenvalue weighted by Crippen LogP contribution is 2.27. The fourth-order valence-electron chi connectivity index (χ4n) is 2.95. The van der Waals surface area contributed by atoms with Gasteiger partial charge in [-0.3, -0.25) is 9.89 Å². The molecule has 4 rings (SSSR count). The maximum Gasteiger partial charge on any atom is 0.266 e. The Morgan fingerprint density at radius 1 is 1.13 bits per heavy atom. The first-order valence-electron chi connectivity index (χ1n) is 9.57. The average molecular weight is 484 g/mol. The summed E-state index contributed by atoms with van der Waals surface area (Å²) in [5.41, 5.74) is 1.17. The van der Waals surface area contributed by atoms with Gasteiger partial charge in [-0.1, -0.05) is 40.2 Å². The van der Waals surface area contributed by atoms with Crippen LogP contribution in [0.1, 0.15) is 12.5 Å². The first-order valence-corrected chi connectivity index (χ1v) is 10.4. The van der Waals surface area contributed by atoms with Crippen LogP contribution in [0.3, 0.4) is 0 Å². The van der Waals surface area contributed by atoms with E-state index in [1.807, 2.05) is 18.2 Å². The Hall–Kier alpha value is -3.39. The lowest BCUT2D eigenvalue weighted by atomic mass is 10.2. The van der Waals surface area contributed by atoms with Gasteiger partial charge < -0.3 is 14.8 Å². The van der Waals surface area contributed by atoms with Crippen molar-refractivity contribution < 1.29 is 18.7 Å². The Morgan fingerprint density at radius 2 is 1.94 bits per heavy atom. The van der Waals surface area contributed by atoms with Crippen molar-refractivity contribution in [3.63, 3.8) is 0 Å². The summed E-state index contributed by atoms with van der Waals surface area (Å²) in [5.74, 6) is 0.816. The highest BCUT2D eigenvalue weighted by molar-refractivity contribution is 9.10. The number of amides is 1. The van der Waals surface area contributed by atoms with Crippen LogP contribution in [-0.4, -0.2) is 22.2 Å². The molecule has 8 heteroatoms. The van der Waals surface area contributed by atoms with Crippen LogP contribution in [0, 0.1) is 5.82 Å². The average Bonchev–Trinajstić information content (AvgIpc) is 3.16. The number of aromatic amines is 1. The number of hydrogen-bond donors (Lipinski definition) is 2. The van der Waals surface area contributed by atoms with Crippen molar-refractivity contribution in [2.24, 2.45) is 0 Å². The second kappa shape index (κ2) is 9.18. The molecule has 1 unspecified atom stereocenters. The highest BCUT2D eigenvalue weighted by atomic mass is 79.9. The van der Waals surface area contributed by atoms with E-state index in [2.05, 4.69) is 31.4 Å². The van der Waals surface area contributed by atoms with E-state index in [1.165, 1.54) is 6.07 Å². The van der Waals surface area contributed by atoms with Gasteiger partial charge in [0.2, 0.25) is 0 Å². The fourth-order valence-corrected chi connectivity index (χ4v) is 3.29. The predicted molar refractivity (Wildman–Crippen MR) is 120 cm³/mol. The Morgan fingerprint density at radius 3 is 2.71 bits per heavy atom. The van der Waals surface area contributed by atoms with Crippen molar-refractivity contribution >= 4 is 38.6 Å². The van der Waals surface area contributed by atoms with Gasteiger partial charge in [0.05, 0.1) is 5.52 Å². The normalized spacial score (nSPS) is 11.8. The van der Waals surface area contributed by atoms with Crippen molar-refractivity contribution in [1.82, 2.24) is 10.2 Å². The number of hydrogen-bond acceptors (Lipinski definition) is 4. The van der Waals surface area contributed by atoms with Crippen molar-refractivity contribution in [2.75, 3.05) is 5.32 Å². The number of benzene rings is 3. The van der Waals surface area contributed by atoms with E-state index < -0.39 is 6.10 Å². The number of aromatic nitrogens is 2. The molecule has 1 atom stereocenters. The summed E-state index contributed by atoms with van der Waals surface area (Å²) in [6.07, 6.45) is -0.714. The van der Waals surface area contributed by atoms with Gasteiger partial charge in [-0.15, -0.1) is 0 Å². The first-order chi connectivity index (χ1) is 15.0. The number of carbonyl (C=O) groups excluding carboxylic acids is 1. The molecule has 31 heavy (non-hydrogen) atoms. The van der Waals surface area contributed by atoms with Crippen molar-refractivity contribution in [3.8, 4) is 11.5 Å². The fraction of sp³-hybridized carbons (Fsp3) is 0.130. The maximum absolute atomic E-state index is 14.0. The number of fused-ring (bicyclic) bond motifs is 1. The molecule has 2 N–H and O–H groups in total. The van der Waals surface area contributed by atoms with Crippen LogP contribution in [0.25, 0.3) is 10.9 Å². The van der Waals surface area contributed by atoms with E-state index in [0.717, 1.165) is 5.52 Å². The third-order valence-corrected chi connectivity index (χ3v) is 5.10. The van der Waals surface area contributed by atoms with Crippen LogP contribution in [0.2, 0.25) is 0 Å². The molecule has 0 fully saturated rings. The zero-order chi connectivity index (χ0) is 21.8. The first kappa shape index (κ1) is 20.9. The van der Waals surface area contributed by atoms with E-state index in [-0.39, 0.29) is 18.3 Å². The van der Waals surface area contributed by atoms with Gasteiger partial charge in [-0.05, 0) is 49.4 Å². The zero-order valence-electron chi connectivity index (χ0n) is 16.6. The maximum atomic E-state index is 14.0. The molecule has 0 aliphatic carbocycles. The number of ether oxygens (including phenoxy) is 2. The van der Waals surface area contributed by atoms with E-state index >= 15 is 0 Å². The summed E-state index contributed by atoms with van der Waals surface area (Å²) in [4.78, 5) is 12.6. The molecule has 1 heterocycles. The molecule has 1 amide bonds. The van der Waals surface area contributed by atoms with Gasteiger partial charge in [0, 0.05) is 15.4 Å². The molecule has 0 aliphatic rings. The quantitative estimate of drug-likeness (QED) is 0.366. The van der Waals surface area contributed by atoms with Crippen molar-refractivity contribution in [3.05, 3.63) is 82.6 Å². The second-order valence-corrected chi connectivity index (χ2v) is 7.78. The molecule has 0 bridgehead atoms. The number of H-pyrrole nitrogens is 1. The summed E-state index contributed by atoms with van der Waals surface area (Å²) in [6, 6.07) is 19.2. The molecule has 1 aromatic heterocycles. The minimum absolute atomic E-state index is 0.0755. The molecule has 0 saturated carbocycles. The lowest BCUT2D eigenvalue weighted by molar-refractivity contribution is -0.122. The van der Waals surface area contributed by atoms with Crippen LogP contribution in [-0.2, 0) is 11.4 Å². The van der Waals surface area contributed by atoms with E-state index in [0.29, 0.717) is 32.7 Å². The topological polar surface area (TPSA) is 76.2 Å². The molecule has 4 aromatic rings. The van der Waals surface area contributed by atoms with Crippen LogP contribution in [0.15, 0.2) is 71.2 Å². The lowest BCUT2D eigenvalue weighted by Gasteiger charge is -2.14. The largest absolute Gasteiger partial charge is 0.489 e.